The Balaban J connectivity index is 1.84. The summed E-state index contributed by atoms with van der Waals surface area (Å²) in [6, 6.07) is 0.575. The van der Waals surface area contributed by atoms with Crippen LogP contribution in [0.25, 0.3) is 0 Å². The van der Waals surface area contributed by atoms with Crippen molar-refractivity contribution < 1.29 is 0 Å². The van der Waals surface area contributed by atoms with Gasteiger partial charge in [-0.15, -0.1) is 0 Å². The second kappa shape index (κ2) is 5.49. The van der Waals surface area contributed by atoms with Gasteiger partial charge in [-0.25, -0.2) is 4.98 Å². The van der Waals surface area contributed by atoms with Gasteiger partial charge in [0.05, 0.1) is 6.54 Å². The first-order chi connectivity index (χ1) is 8.16. The van der Waals surface area contributed by atoms with Crippen molar-refractivity contribution in [3.63, 3.8) is 0 Å². The number of aryl methyl sites for hydroxylation is 1. The molecule has 1 heterocycles. The van der Waals surface area contributed by atoms with Gasteiger partial charge < -0.3 is 14.8 Å². The van der Waals surface area contributed by atoms with Crippen molar-refractivity contribution in [3.05, 3.63) is 18.2 Å². The van der Waals surface area contributed by atoms with E-state index >= 15 is 0 Å². The molecule has 0 aromatic carbocycles. The average Bonchev–Trinajstić information content (AvgIpc) is 2.91. The number of imidazole rings is 1. The van der Waals surface area contributed by atoms with Crippen molar-refractivity contribution in [2.75, 3.05) is 7.05 Å². The Morgan fingerprint density at radius 3 is 2.88 bits per heavy atom. The van der Waals surface area contributed by atoms with E-state index in [1.807, 2.05) is 31.1 Å². The molecule has 0 saturated heterocycles. The summed E-state index contributed by atoms with van der Waals surface area (Å²) in [4.78, 5) is 6.36. The van der Waals surface area contributed by atoms with Gasteiger partial charge in [0.1, 0.15) is 5.82 Å². The highest BCUT2D eigenvalue weighted by molar-refractivity contribution is 7.80. The summed E-state index contributed by atoms with van der Waals surface area (Å²) in [6.45, 7) is 0.752. The number of aromatic nitrogens is 2. The first-order valence-corrected chi connectivity index (χ1v) is 6.55. The molecule has 0 atom stereocenters. The van der Waals surface area contributed by atoms with Crippen LogP contribution < -0.4 is 5.32 Å². The molecule has 0 bridgehead atoms. The largest absolute Gasteiger partial charge is 0.360 e. The summed E-state index contributed by atoms with van der Waals surface area (Å²) in [5, 5.41) is 4.26. The second-order valence-electron chi connectivity index (χ2n) is 4.74. The van der Waals surface area contributed by atoms with Crippen LogP contribution in [0.1, 0.15) is 31.5 Å². The predicted octanol–water partition coefficient (Wildman–Crippen LogP) is 1.67. The maximum atomic E-state index is 5.41. The molecule has 1 aliphatic carbocycles. The molecule has 17 heavy (non-hydrogen) atoms. The van der Waals surface area contributed by atoms with Gasteiger partial charge in [-0.2, -0.15) is 0 Å². The molecule has 1 saturated carbocycles. The lowest BCUT2D eigenvalue weighted by atomic mass is 10.2. The third kappa shape index (κ3) is 3.19. The maximum absolute atomic E-state index is 5.41. The van der Waals surface area contributed by atoms with Crippen LogP contribution in [0, 0.1) is 0 Å². The fourth-order valence-corrected chi connectivity index (χ4v) is 2.42. The average molecular weight is 252 g/mol. The minimum Gasteiger partial charge on any atom is -0.360 e. The highest BCUT2D eigenvalue weighted by Gasteiger charge is 2.17. The zero-order valence-corrected chi connectivity index (χ0v) is 11.3. The molecular formula is C12H20N4S. The van der Waals surface area contributed by atoms with Gasteiger partial charge in [0.25, 0.3) is 0 Å². The first kappa shape index (κ1) is 12.4. The van der Waals surface area contributed by atoms with Gasteiger partial charge in [0.15, 0.2) is 5.11 Å². The van der Waals surface area contributed by atoms with E-state index in [1.165, 1.54) is 25.7 Å². The van der Waals surface area contributed by atoms with Crippen molar-refractivity contribution >= 4 is 17.3 Å². The highest BCUT2D eigenvalue weighted by atomic mass is 32.1. The number of nitrogens with one attached hydrogen (secondary N) is 1. The Morgan fingerprint density at radius 2 is 2.29 bits per heavy atom. The van der Waals surface area contributed by atoms with Crippen LogP contribution in [0.4, 0.5) is 0 Å². The Kier molecular flexibility index (Phi) is 3.99. The van der Waals surface area contributed by atoms with Gasteiger partial charge >= 0.3 is 0 Å². The Hall–Kier alpha value is -1.10. The van der Waals surface area contributed by atoms with Crippen LogP contribution in [-0.2, 0) is 13.6 Å². The molecule has 0 unspecified atom stereocenters. The molecule has 4 nitrogen and oxygen atoms in total. The van der Waals surface area contributed by atoms with E-state index in [1.54, 1.807) is 0 Å². The Morgan fingerprint density at radius 1 is 1.59 bits per heavy atom. The number of hydrogen-bond acceptors (Lipinski definition) is 2. The summed E-state index contributed by atoms with van der Waals surface area (Å²) in [7, 11) is 4.02. The third-order valence-corrected chi connectivity index (χ3v) is 3.76. The number of rotatable bonds is 3. The highest BCUT2D eigenvalue weighted by Crippen LogP contribution is 2.17. The predicted molar refractivity (Wildman–Crippen MR) is 72.7 cm³/mol. The Bertz CT molecular complexity index is 382. The fourth-order valence-electron chi connectivity index (χ4n) is 2.19. The fraction of sp³-hybridized carbons (Fsp3) is 0.667. The van der Waals surface area contributed by atoms with Crippen LogP contribution in [0.5, 0.6) is 0 Å². The van der Waals surface area contributed by atoms with Gasteiger partial charge in [0, 0.05) is 32.5 Å². The molecule has 0 spiro atoms. The molecule has 0 amide bonds. The molecule has 1 aromatic heterocycles. The molecule has 94 valence electrons. The minimum absolute atomic E-state index is 0.575. The van der Waals surface area contributed by atoms with Gasteiger partial charge in [0.2, 0.25) is 0 Å². The molecule has 1 aliphatic rings. The molecule has 0 aliphatic heterocycles. The summed E-state index contributed by atoms with van der Waals surface area (Å²) in [5.41, 5.74) is 0. The molecule has 5 heteroatoms. The first-order valence-electron chi connectivity index (χ1n) is 6.14. The number of nitrogens with zero attached hydrogens (tertiary/aromatic N) is 3. The smallest absolute Gasteiger partial charge is 0.169 e. The van der Waals surface area contributed by atoms with Crippen LogP contribution in [0.2, 0.25) is 0 Å². The van der Waals surface area contributed by atoms with Crippen molar-refractivity contribution in [2.45, 2.75) is 38.3 Å². The van der Waals surface area contributed by atoms with Crippen LogP contribution in [0.15, 0.2) is 12.4 Å². The molecule has 2 rings (SSSR count). The van der Waals surface area contributed by atoms with Gasteiger partial charge in [-0.1, -0.05) is 12.8 Å². The molecule has 1 N–H and O–H groups in total. The molecule has 1 aromatic rings. The second-order valence-corrected chi connectivity index (χ2v) is 5.13. The van der Waals surface area contributed by atoms with Crippen molar-refractivity contribution in [1.29, 1.82) is 0 Å². The zero-order valence-electron chi connectivity index (χ0n) is 10.5. The monoisotopic (exact) mass is 252 g/mol. The van der Waals surface area contributed by atoms with Crippen LogP contribution in [0.3, 0.4) is 0 Å². The number of hydrogen-bond donors (Lipinski definition) is 1. The summed E-state index contributed by atoms with van der Waals surface area (Å²) >= 11 is 5.41. The van der Waals surface area contributed by atoms with Crippen molar-refractivity contribution in [3.8, 4) is 0 Å². The standard InChI is InChI=1S/C12H20N4S/c1-15-8-7-13-11(15)9-16(2)12(17)14-10-5-3-4-6-10/h7-8,10H,3-6,9H2,1-2H3,(H,14,17). The molecule has 1 fully saturated rings. The summed E-state index contributed by atoms with van der Waals surface area (Å²) in [5.74, 6) is 1.03. The summed E-state index contributed by atoms with van der Waals surface area (Å²) in [6.07, 6.45) is 8.91. The number of thiocarbonyl (C=S) groups is 1. The van der Waals surface area contributed by atoms with Crippen molar-refractivity contribution in [1.82, 2.24) is 19.8 Å². The lowest BCUT2D eigenvalue weighted by Gasteiger charge is -2.23. The van der Waals surface area contributed by atoms with Gasteiger partial charge in [-0.3, -0.25) is 0 Å². The van der Waals surface area contributed by atoms with E-state index in [-0.39, 0.29) is 0 Å². The van der Waals surface area contributed by atoms with E-state index in [0.29, 0.717) is 6.04 Å². The van der Waals surface area contributed by atoms with E-state index in [2.05, 4.69) is 15.2 Å². The normalized spacial score (nSPS) is 16.1. The third-order valence-electron chi connectivity index (χ3n) is 3.33. The Labute approximate surface area is 108 Å². The van der Waals surface area contributed by atoms with Crippen LogP contribution >= 0.6 is 12.2 Å². The van der Waals surface area contributed by atoms with E-state index < -0.39 is 0 Å². The SMILES string of the molecule is CN(Cc1nccn1C)C(=S)NC1CCCC1. The summed E-state index contributed by atoms with van der Waals surface area (Å²) < 4.78 is 2.02. The minimum atomic E-state index is 0.575. The molecule has 0 radical (unpaired) electrons. The van der Waals surface area contributed by atoms with E-state index in [4.69, 9.17) is 12.2 Å². The topological polar surface area (TPSA) is 33.1 Å². The lowest BCUT2D eigenvalue weighted by molar-refractivity contribution is 0.451. The quantitative estimate of drug-likeness (QED) is 0.830. The van der Waals surface area contributed by atoms with Crippen LogP contribution in [-0.4, -0.2) is 32.7 Å². The zero-order chi connectivity index (χ0) is 12.3. The molecular weight excluding hydrogens is 232 g/mol. The van der Waals surface area contributed by atoms with E-state index in [0.717, 1.165) is 17.5 Å². The lowest BCUT2D eigenvalue weighted by Crippen LogP contribution is -2.41. The maximum Gasteiger partial charge on any atom is 0.169 e. The van der Waals surface area contributed by atoms with Gasteiger partial charge in [-0.05, 0) is 25.1 Å². The van der Waals surface area contributed by atoms with Crippen molar-refractivity contribution in [2.24, 2.45) is 7.05 Å². The van der Waals surface area contributed by atoms with E-state index in [9.17, 15) is 0 Å².